The second kappa shape index (κ2) is 6.77. The minimum atomic E-state index is -0.00981. The highest BCUT2D eigenvalue weighted by Crippen LogP contribution is 2.24. The van der Waals surface area contributed by atoms with E-state index in [0.717, 1.165) is 23.3 Å². The van der Waals surface area contributed by atoms with E-state index in [1.54, 1.807) is 7.11 Å². The Labute approximate surface area is 127 Å². The van der Waals surface area contributed by atoms with Crippen LogP contribution in [0.15, 0.2) is 42.5 Å². The molecule has 1 unspecified atom stereocenters. The quantitative estimate of drug-likeness (QED) is 0.884. The summed E-state index contributed by atoms with van der Waals surface area (Å²) < 4.78 is 5.37. The molecule has 1 atom stereocenters. The van der Waals surface area contributed by atoms with E-state index in [-0.39, 0.29) is 6.04 Å². The Morgan fingerprint density at radius 2 is 1.62 bits per heavy atom. The molecule has 0 fully saturated rings. The van der Waals surface area contributed by atoms with Crippen molar-refractivity contribution in [1.82, 2.24) is 0 Å². The number of rotatable bonds is 5. The second-order valence-electron chi connectivity index (χ2n) is 5.94. The molecule has 112 valence electrons. The Morgan fingerprint density at radius 1 is 1.00 bits per heavy atom. The molecule has 2 heteroatoms. The van der Waals surface area contributed by atoms with Gasteiger partial charge in [-0.15, -0.1) is 0 Å². The molecule has 0 spiro atoms. The fourth-order valence-electron chi connectivity index (χ4n) is 2.48. The molecule has 2 aromatic carbocycles. The van der Waals surface area contributed by atoms with Crippen molar-refractivity contribution in [2.24, 2.45) is 5.73 Å². The lowest BCUT2D eigenvalue weighted by atomic mass is 9.96. The second-order valence-corrected chi connectivity index (χ2v) is 5.94. The van der Waals surface area contributed by atoms with Crippen molar-refractivity contribution in [3.05, 3.63) is 64.7 Å². The molecule has 0 bridgehead atoms. The average Bonchev–Trinajstić information content (AvgIpc) is 2.48. The van der Waals surface area contributed by atoms with Gasteiger partial charge in [0.1, 0.15) is 5.75 Å². The van der Waals surface area contributed by atoms with Gasteiger partial charge in [-0.25, -0.2) is 0 Å². The zero-order valence-electron chi connectivity index (χ0n) is 13.4. The topological polar surface area (TPSA) is 35.2 Å². The van der Waals surface area contributed by atoms with Crippen molar-refractivity contribution in [3.8, 4) is 5.75 Å². The summed E-state index contributed by atoms with van der Waals surface area (Å²) in [5, 5.41) is 0. The summed E-state index contributed by atoms with van der Waals surface area (Å²) >= 11 is 0. The monoisotopic (exact) mass is 283 g/mol. The molecule has 2 nitrogen and oxygen atoms in total. The van der Waals surface area contributed by atoms with Crippen LogP contribution in [0.4, 0.5) is 0 Å². The van der Waals surface area contributed by atoms with Crippen molar-refractivity contribution in [3.63, 3.8) is 0 Å². The van der Waals surface area contributed by atoms with Gasteiger partial charge < -0.3 is 10.5 Å². The maximum absolute atomic E-state index is 6.34. The third-order valence-electron chi connectivity index (χ3n) is 3.96. The van der Waals surface area contributed by atoms with Crippen LogP contribution in [0.3, 0.4) is 0 Å². The summed E-state index contributed by atoms with van der Waals surface area (Å²) in [6.45, 7) is 6.46. The van der Waals surface area contributed by atoms with E-state index >= 15 is 0 Å². The number of ether oxygens (including phenoxy) is 1. The summed E-state index contributed by atoms with van der Waals surface area (Å²) in [6.07, 6.45) is 0.838. The van der Waals surface area contributed by atoms with E-state index in [2.05, 4.69) is 50.2 Å². The molecule has 0 saturated carbocycles. The van der Waals surface area contributed by atoms with Gasteiger partial charge in [0, 0.05) is 6.04 Å². The zero-order chi connectivity index (χ0) is 15.4. The molecule has 0 amide bonds. The predicted octanol–water partition coefficient (Wildman–Crippen LogP) is 4.37. The summed E-state index contributed by atoms with van der Waals surface area (Å²) in [4.78, 5) is 0. The first-order valence-corrected chi connectivity index (χ1v) is 7.50. The summed E-state index contributed by atoms with van der Waals surface area (Å²) in [5.41, 5.74) is 11.2. The Bertz CT molecular complexity index is 587. The molecule has 0 aliphatic rings. The Hall–Kier alpha value is -1.80. The van der Waals surface area contributed by atoms with Crippen LogP contribution < -0.4 is 10.5 Å². The van der Waals surface area contributed by atoms with Crippen LogP contribution in [0.2, 0.25) is 0 Å². The maximum Gasteiger partial charge on any atom is 0.122 e. The highest BCUT2D eigenvalue weighted by atomic mass is 16.5. The van der Waals surface area contributed by atoms with Crippen LogP contribution in [0, 0.1) is 6.92 Å². The molecule has 0 saturated heterocycles. The van der Waals surface area contributed by atoms with Gasteiger partial charge in [0.05, 0.1) is 7.11 Å². The molecule has 21 heavy (non-hydrogen) atoms. The fraction of sp³-hybridized carbons (Fsp3) is 0.368. The first-order valence-electron chi connectivity index (χ1n) is 7.50. The lowest BCUT2D eigenvalue weighted by molar-refractivity contribution is 0.410. The maximum atomic E-state index is 6.34. The number of aryl methyl sites for hydroxylation is 1. The van der Waals surface area contributed by atoms with Crippen LogP contribution >= 0.6 is 0 Å². The first-order chi connectivity index (χ1) is 10.0. The number of methoxy groups -OCH3 is 1. The van der Waals surface area contributed by atoms with Crippen molar-refractivity contribution in [2.75, 3.05) is 7.11 Å². The van der Waals surface area contributed by atoms with Crippen molar-refractivity contribution >= 4 is 0 Å². The molecule has 2 aromatic rings. The number of hydrogen-bond donors (Lipinski definition) is 1. The number of hydrogen-bond acceptors (Lipinski definition) is 2. The Kier molecular flexibility index (Phi) is 5.03. The van der Waals surface area contributed by atoms with Crippen LogP contribution in [0.5, 0.6) is 5.75 Å². The minimum Gasteiger partial charge on any atom is -0.496 e. The van der Waals surface area contributed by atoms with Gasteiger partial charge in [-0.05, 0) is 47.6 Å². The molecular formula is C19H25NO. The van der Waals surface area contributed by atoms with Crippen LogP contribution in [0.25, 0.3) is 0 Å². The van der Waals surface area contributed by atoms with E-state index in [1.165, 1.54) is 11.1 Å². The summed E-state index contributed by atoms with van der Waals surface area (Å²) in [7, 11) is 1.70. The number of benzene rings is 2. The fourth-order valence-corrected chi connectivity index (χ4v) is 2.48. The first kappa shape index (κ1) is 15.6. The predicted molar refractivity (Wildman–Crippen MR) is 88.9 cm³/mol. The summed E-state index contributed by atoms with van der Waals surface area (Å²) in [6, 6.07) is 14.9. The van der Waals surface area contributed by atoms with E-state index in [0.29, 0.717) is 5.92 Å². The lowest BCUT2D eigenvalue weighted by Crippen LogP contribution is -2.13. The van der Waals surface area contributed by atoms with Crippen LogP contribution in [0.1, 0.15) is 48.1 Å². The molecular weight excluding hydrogens is 258 g/mol. The van der Waals surface area contributed by atoms with Crippen LogP contribution in [-0.4, -0.2) is 7.11 Å². The molecule has 0 radical (unpaired) electrons. The lowest BCUT2D eigenvalue weighted by Gasteiger charge is -2.15. The minimum absolute atomic E-state index is 0.00981. The van der Waals surface area contributed by atoms with E-state index in [4.69, 9.17) is 10.5 Å². The van der Waals surface area contributed by atoms with Gasteiger partial charge in [0.25, 0.3) is 0 Å². The molecule has 0 heterocycles. The SMILES string of the molecule is COc1cc(C(N)Cc2ccc(C(C)C)cc2)ccc1C. The van der Waals surface area contributed by atoms with Crippen LogP contribution in [-0.2, 0) is 6.42 Å². The van der Waals surface area contributed by atoms with Crippen molar-refractivity contribution < 1.29 is 4.74 Å². The van der Waals surface area contributed by atoms with Gasteiger partial charge >= 0.3 is 0 Å². The Morgan fingerprint density at radius 3 is 2.19 bits per heavy atom. The largest absolute Gasteiger partial charge is 0.496 e. The third kappa shape index (κ3) is 3.85. The molecule has 0 aliphatic heterocycles. The van der Waals surface area contributed by atoms with Gasteiger partial charge in [-0.3, -0.25) is 0 Å². The van der Waals surface area contributed by atoms with Gasteiger partial charge in [-0.1, -0.05) is 50.2 Å². The van der Waals surface area contributed by atoms with E-state index in [9.17, 15) is 0 Å². The van der Waals surface area contributed by atoms with Gasteiger partial charge in [0.15, 0.2) is 0 Å². The normalized spacial score (nSPS) is 12.5. The Balaban J connectivity index is 2.12. The molecule has 2 rings (SSSR count). The number of nitrogens with two attached hydrogens (primary N) is 1. The van der Waals surface area contributed by atoms with Gasteiger partial charge in [0.2, 0.25) is 0 Å². The molecule has 0 aliphatic carbocycles. The van der Waals surface area contributed by atoms with E-state index in [1.807, 2.05) is 13.0 Å². The zero-order valence-corrected chi connectivity index (χ0v) is 13.4. The van der Waals surface area contributed by atoms with Crippen molar-refractivity contribution in [1.29, 1.82) is 0 Å². The average molecular weight is 283 g/mol. The van der Waals surface area contributed by atoms with E-state index < -0.39 is 0 Å². The van der Waals surface area contributed by atoms with Crippen molar-refractivity contribution in [2.45, 2.75) is 39.2 Å². The highest BCUT2D eigenvalue weighted by Gasteiger charge is 2.10. The molecule has 2 N–H and O–H groups in total. The summed E-state index contributed by atoms with van der Waals surface area (Å²) in [5.74, 6) is 1.46. The standard InChI is InChI=1S/C19H25NO/c1-13(2)16-9-6-15(7-10-16)11-18(20)17-8-5-14(3)19(12-17)21-4/h5-10,12-13,18H,11,20H2,1-4H3. The highest BCUT2D eigenvalue weighted by molar-refractivity contribution is 5.38. The van der Waals surface area contributed by atoms with Gasteiger partial charge in [-0.2, -0.15) is 0 Å². The smallest absolute Gasteiger partial charge is 0.122 e. The molecule has 0 aromatic heterocycles. The third-order valence-corrected chi connectivity index (χ3v) is 3.96.